The summed E-state index contributed by atoms with van der Waals surface area (Å²) in [4.78, 5) is 25.6. The fourth-order valence-electron chi connectivity index (χ4n) is 5.56. The summed E-state index contributed by atoms with van der Waals surface area (Å²) in [7, 11) is 1.67. The Kier molecular flexibility index (Phi) is 7.65. The zero-order chi connectivity index (χ0) is 23.4. The number of ether oxygens (including phenoxy) is 1. The summed E-state index contributed by atoms with van der Waals surface area (Å²) < 4.78 is 5.37. The lowest BCUT2D eigenvalue weighted by Gasteiger charge is -2.44. The Labute approximate surface area is 201 Å². The number of nitrogens with one attached hydrogen (secondary N) is 1. The molecule has 1 aromatic rings. The molecule has 33 heavy (non-hydrogen) atoms. The summed E-state index contributed by atoms with van der Waals surface area (Å²) in [5.74, 6) is 0.0780. The van der Waals surface area contributed by atoms with Gasteiger partial charge in [-0.1, -0.05) is 55.8 Å². The van der Waals surface area contributed by atoms with E-state index in [1.807, 2.05) is 12.3 Å². The molecule has 6 nitrogen and oxygen atoms in total. The Morgan fingerprint density at radius 3 is 2.64 bits per heavy atom. The zero-order valence-corrected chi connectivity index (χ0v) is 20.2. The number of urea groups is 1. The summed E-state index contributed by atoms with van der Waals surface area (Å²) >= 11 is 6.82. The first-order chi connectivity index (χ1) is 15.9. The normalized spacial score (nSPS) is 23.9. The predicted molar refractivity (Wildman–Crippen MR) is 128 cm³/mol. The first kappa shape index (κ1) is 24.1. The Morgan fingerprint density at radius 2 is 2.00 bits per heavy atom. The van der Waals surface area contributed by atoms with E-state index in [1.165, 1.54) is 42.6 Å². The van der Waals surface area contributed by atoms with Gasteiger partial charge in [0, 0.05) is 24.9 Å². The van der Waals surface area contributed by atoms with E-state index < -0.39 is 11.5 Å². The average molecular weight is 475 g/mol. The van der Waals surface area contributed by atoms with Crippen molar-refractivity contribution in [2.75, 3.05) is 20.3 Å². The van der Waals surface area contributed by atoms with Gasteiger partial charge in [-0.05, 0) is 60.3 Å². The van der Waals surface area contributed by atoms with Crippen LogP contribution in [0.1, 0.15) is 68.9 Å². The number of carbonyl (C=O) groups is 2. The van der Waals surface area contributed by atoms with Crippen LogP contribution in [0.5, 0.6) is 0 Å². The van der Waals surface area contributed by atoms with E-state index in [0.717, 1.165) is 35.4 Å². The number of halogens is 1. The number of carboxylic acids is 1. The third kappa shape index (κ3) is 5.38. The molecule has 2 fully saturated rings. The van der Waals surface area contributed by atoms with Crippen molar-refractivity contribution in [1.82, 2.24) is 10.2 Å². The molecule has 0 bridgehead atoms. The third-order valence-electron chi connectivity index (χ3n) is 7.46. The number of aliphatic carboxylic acids is 1. The van der Waals surface area contributed by atoms with Crippen LogP contribution in [-0.2, 0) is 21.5 Å². The van der Waals surface area contributed by atoms with Gasteiger partial charge in [-0.3, -0.25) is 4.79 Å². The average Bonchev–Trinajstić information content (AvgIpc) is 3.65. The van der Waals surface area contributed by atoms with Crippen molar-refractivity contribution in [2.45, 2.75) is 69.7 Å². The monoisotopic (exact) mass is 474 g/mol. The van der Waals surface area contributed by atoms with Crippen LogP contribution in [0.4, 0.5) is 4.79 Å². The maximum absolute atomic E-state index is 13.1. The molecular weight excluding hydrogens is 440 g/mol. The molecule has 2 saturated carbocycles. The van der Waals surface area contributed by atoms with Crippen LogP contribution in [-0.4, -0.2) is 42.3 Å². The summed E-state index contributed by atoms with van der Waals surface area (Å²) in [5.41, 5.74) is 2.62. The second kappa shape index (κ2) is 10.5. The van der Waals surface area contributed by atoms with E-state index in [4.69, 9.17) is 21.4 Å². The van der Waals surface area contributed by atoms with Crippen molar-refractivity contribution in [3.05, 3.63) is 46.1 Å². The number of carbonyl (C=O) groups excluding carboxylic acids is 1. The van der Waals surface area contributed by atoms with Crippen molar-refractivity contribution < 1.29 is 19.4 Å². The van der Waals surface area contributed by atoms with Crippen LogP contribution in [0.25, 0.3) is 0 Å². The fourth-order valence-corrected chi connectivity index (χ4v) is 5.82. The maximum atomic E-state index is 13.1. The predicted octanol–water partition coefficient (Wildman–Crippen LogP) is 5.49. The number of benzene rings is 1. The second-order valence-electron chi connectivity index (χ2n) is 9.76. The molecule has 1 heterocycles. The SMILES string of the molecule is COCCC1=CN(CCC(=O)O)C(=O)N[C@]1(c1ccc(CC2CCCCC2)c(Cl)c1)C1CC1. The number of carboxylic acid groups (broad SMARTS) is 1. The Hall–Kier alpha value is -2.05. The standard InChI is InChI=1S/C26H35ClN2O4/c1-33-14-12-22-17-29(13-11-24(30)31)25(32)28-26(22,20-9-10-20)21-8-7-19(23(27)16-21)15-18-5-3-2-4-6-18/h7-8,16-18,20H,2-6,9-15H2,1H3,(H,28,32)(H,30,31)/t26-/m0/s1. The van der Waals surface area contributed by atoms with E-state index in [-0.39, 0.29) is 19.0 Å². The molecule has 0 unspecified atom stereocenters. The number of hydrogen-bond donors (Lipinski definition) is 2. The molecule has 0 aromatic heterocycles. The molecule has 180 valence electrons. The van der Waals surface area contributed by atoms with E-state index in [1.54, 1.807) is 7.11 Å². The van der Waals surface area contributed by atoms with Gasteiger partial charge >= 0.3 is 12.0 Å². The number of amides is 2. The minimum atomic E-state index is -0.922. The van der Waals surface area contributed by atoms with Crippen LogP contribution in [0.2, 0.25) is 5.02 Å². The molecule has 2 aliphatic carbocycles. The number of hydrogen-bond acceptors (Lipinski definition) is 3. The van der Waals surface area contributed by atoms with Crippen LogP contribution < -0.4 is 5.32 Å². The molecule has 1 atom stereocenters. The molecule has 1 aromatic carbocycles. The summed E-state index contributed by atoms with van der Waals surface area (Å²) in [6.07, 6.45) is 12.0. The molecule has 0 spiro atoms. The largest absolute Gasteiger partial charge is 0.481 e. The minimum Gasteiger partial charge on any atom is -0.481 e. The Balaban J connectivity index is 1.65. The van der Waals surface area contributed by atoms with Gasteiger partial charge in [-0.25, -0.2) is 4.79 Å². The molecule has 1 aliphatic heterocycles. The smallest absolute Gasteiger partial charge is 0.322 e. The molecular formula is C26H35ClN2O4. The molecule has 3 aliphatic rings. The quantitative estimate of drug-likeness (QED) is 0.470. The van der Waals surface area contributed by atoms with Crippen LogP contribution in [0.3, 0.4) is 0 Å². The highest BCUT2D eigenvalue weighted by atomic mass is 35.5. The van der Waals surface area contributed by atoms with E-state index in [0.29, 0.717) is 24.9 Å². The van der Waals surface area contributed by atoms with Gasteiger partial charge in [-0.15, -0.1) is 0 Å². The lowest BCUT2D eigenvalue weighted by Crippen LogP contribution is -2.57. The van der Waals surface area contributed by atoms with Gasteiger partial charge in [0.2, 0.25) is 0 Å². The molecule has 2 amide bonds. The first-order valence-electron chi connectivity index (χ1n) is 12.2. The minimum absolute atomic E-state index is 0.0976. The third-order valence-corrected chi connectivity index (χ3v) is 7.81. The van der Waals surface area contributed by atoms with Crippen molar-refractivity contribution in [1.29, 1.82) is 0 Å². The van der Waals surface area contributed by atoms with Gasteiger partial charge in [0.1, 0.15) is 0 Å². The Bertz CT molecular complexity index is 908. The zero-order valence-electron chi connectivity index (χ0n) is 19.4. The van der Waals surface area contributed by atoms with Crippen molar-refractivity contribution in [2.24, 2.45) is 11.8 Å². The van der Waals surface area contributed by atoms with E-state index >= 15 is 0 Å². The molecule has 2 N–H and O–H groups in total. The second-order valence-corrected chi connectivity index (χ2v) is 10.2. The van der Waals surface area contributed by atoms with E-state index in [9.17, 15) is 9.59 Å². The van der Waals surface area contributed by atoms with Gasteiger partial charge in [-0.2, -0.15) is 0 Å². The first-order valence-corrected chi connectivity index (χ1v) is 12.6. The Morgan fingerprint density at radius 1 is 1.24 bits per heavy atom. The van der Waals surface area contributed by atoms with Gasteiger partial charge in [0.15, 0.2) is 0 Å². The number of nitrogens with zero attached hydrogens (tertiary/aromatic N) is 1. The van der Waals surface area contributed by atoms with Crippen molar-refractivity contribution in [3.63, 3.8) is 0 Å². The van der Waals surface area contributed by atoms with Gasteiger partial charge < -0.3 is 20.1 Å². The van der Waals surface area contributed by atoms with Crippen LogP contribution in [0, 0.1) is 11.8 Å². The van der Waals surface area contributed by atoms with Crippen LogP contribution >= 0.6 is 11.6 Å². The molecule has 0 saturated heterocycles. The van der Waals surface area contributed by atoms with Crippen molar-refractivity contribution >= 4 is 23.6 Å². The van der Waals surface area contributed by atoms with Gasteiger partial charge in [0.25, 0.3) is 0 Å². The molecule has 4 rings (SSSR count). The molecule has 0 radical (unpaired) electrons. The highest BCUT2D eigenvalue weighted by molar-refractivity contribution is 6.31. The number of methoxy groups -OCH3 is 1. The van der Waals surface area contributed by atoms with Crippen LogP contribution in [0.15, 0.2) is 30.0 Å². The lowest BCUT2D eigenvalue weighted by atomic mass is 9.75. The summed E-state index contributed by atoms with van der Waals surface area (Å²) in [6, 6.07) is 6.07. The number of rotatable bonds is 10. The lowest BCUT2D eigenvalue weighted by molar-refractivity contribution is -0.137. The highest BCUT2D eigenvalue weighted by Crippen LogP contribution is 2.52. The van der Waals surface area contributed by atoms with Gasteiger partial charge in [0.05, 0.1) is 18.6 Å². The topological polar surface area (TPSA) is 78.9 Å². The highest BCUT2D eigenvalue weighted by Gasteiger charge is 2.52. The summed E-state index contributed by atoms with van der Waals surface area (Å²) in [6.45, 7) is 0.663. The van der Waals surface area contributed by atoms with Crippen molar-refractivity contribution in [3.8, 4) is 0 Å². The maximum Gasteiger partial charge on any atom is 0.322 e. The fraction of sp³-hybridized carbons (Fsp3) is 0.615. The van der Waals surface area contributed by atoms with E-state index in [2.05, 4.69) is 17.4 Å². The summed E-state index contributed by atoms with van der Waals surface area (Å²) in [5, 5.41) is 13.1. The molecule has 7 heteroatoms.